The van der Waals surface area contributed by atoms with E-state index in [9.17, 15) is 49.5 Å². The molecule has 270 valence electrons. The summed E-state index contributed by atoms with van der Waals surface area (Å²) in [4.78, 5) is 73.6. The Balaban J connectivity index is 1.56. The van der Waals surface area contributed by atoms with Gasteiger partial charge in [0.1, 0.15) is 29.4 Å². The zero-order valence-electron chi connectivity index (χ0n) is 28.4. The number of esters is 1. The molecule has 0 bridgehead atoms. The molecule has 0 aromatic heterocycles. The molecular weight excluding hydrogens is 672 g/mol. The number of carbonyl (C=O) groups excluding carboxylic acids is 5. The van der Waals surface area contributed by atoms with Crippen LogP contribution in [0.1, 0.15) is 87.4 Å². The van der Waals surface area contributed by atoms with E-state index in [0.29, 0.717) is 0 Å². The molecule has 4 aliphatic rings. The van der Waals surface area contributed by atoms with Gasteiger partial charge in [-0.2, -0.15) is 0 Å². The first-order valence-corrected chi connectivity index (χ1v) is 15.8. The number of phenols is 2. The first-order chi connectivity index (χ1) is 24.1. The summed E-state index contributed by atoms with van der Waals surface area (Å²) in [6, 6.07) is 0.860. The normalized spacial score (nSPS) is 30.0. The van der Waals surface area contributed by atoms with Crippen LogP contribution in [0.2, 0.25) is 0 Å². The Kier molecular flexibility index (Phi) is 8.77. The van der Waals surface area contributed by atoms with Gasteiger partial charge in [-0.1, -0.05) is 0 Å². The minimum absolute atomic E-state index is 0.0356. The maximum absolute atomic E-state index is 14.8. The van der Waals surface area contributed by atoms with E-state index in [4.69, 9.17) is 18.9 Å². The van der Waals surface area contributed by atoms with Gasteiger partial charge in [-0.3, -0.25) is 24.2 Å². The highest BCUT2D eigenvalue weighted by Gasteiger charge is 2.73. The Bertz CT molecular complexity index is 1990. The molecule has 0 saturated carbocycles. The summed E-state index contributed by atoms with van der Waals surface area (Å²) in [5.74, 6) is -7.67. The van der Waals surface area contributed by atoms with E-state index in [-0.39, 0.29) is 28.8 Å². The maximum atomic E-state index is 14.8. The molecule has 3 aliphatic carbocycles. The molecule has 16 nitrogen and oxygen atoms in total. The Morgan fingerprint density at radius 1 is 1.06 bits per heavy atom. The number of nitrogens with one attached hydrogen (secondary N) is 1. The lowest BCUT2D eigenvalue weighted by Crippen LogP contribution is -2.73. The number of Topliss-reactive ketones (excluding diaryl/α,β-unsaturated/α-hetero) is 3. The first kappa shape index (κ1) is 36.0. The first-order valence-electron chi connectivity index (χ1n) is 15.8. The number of hydrogen-bond acceptors (Lipinski definition) is 16. The number of aliphatic hydroxyl groups is 3. The third kappa shape index (κ3) is 4.67. The molecule has 2 aromatic rings. The van der Waals surface area contributed by atoms with Crippen molar-refractivity contribution in [2.45, 2.75) is 68.5 Å². The average Bonchev–Trinajstić information content (AvgIpc) is 3.07. The van der Waals surface area contributed by atoms with Crippen LogP contribution in [0.5, 0.6) is 11.5 Å². The third-order valence-electron chi connectivity index (χ3n) is 10.3. The number of aliphatic imine (C=N–C) groups is 1. The van der Waals surface area contributed by atoms with Crippen molar-refractivity contribution in [2.75, 3.05) is 28.4 Å². The molecular formula is C35H36N2O14. The number of nitrogens with zero attached hydrogens (tertiary/aromatic N) is 1. The lowest BCUT2D eigenvalue weighted by Gasteiger charge is -2.53. The molecule has 2 aromatic carbocycles. The molecule has 1 heterocycles. The van der Waals surface area contributed by atoms with Crippen LogP contribution in [-0.2, 0) is 31.0 Å². The maximum Gasteiger partial charge on any atom is 0.341 e. The molecule has 1 fully saturated rings. The standard InChI is InChI=1S/C35H36N2O14/c1-12-17(11-36-3)14-8-21(40)35(50-6)32(45)25-16(31(44)34(35,47)26(14)29(43)23(12)33(46)49-5)7-15-24(28(25)42)19(38)9-18(27(15)41)37-22-10-20(39)30(48-4)13(2)51-22/h7,9,11,13,20-22,30,37,39-40,42-43,47H,8,10H2,1-6H3/t13-,20-,21+,22?,30-,34-,35+/m0/s1. The van der Waals surface area contributed by atoms with Gasteiger partial charge in [0.2, 0.25) is 17.3 Å². The number of ketones is 4. The fraction of sp³-hybridized carbons (Fsp3) is 0.429. The van der Waals surface area contributed by atoms with E-state index in [1.165, 1.54) is 27.3 Å². The van der Waals surface area contributed by atoms with E-state index >= 15 is 0 Å². The van der Waals surface area contributed by atoms with Crippen LogP contribution in [0.15, 0.2) is 22.8 Å². The molecule has 0 amide bonds. The smallest absolute Gasteiger partial charge is 0.341 e. The zero-order valence-corrected chi connectivity index (χ0v) is 28.4. The van der Waals surface area contributed by atoms with E-state index in [0.717, 1.165) is 26.4 Å². The van der Waals surface area contributed by atoms with Gasteiger partial charge in [0.05, 0.1) is 42.2 Å². The summed E-state index contributed by atoms with van der Waals surface area (Å²) in [7, 11) is 4.76. The van der Waals surface area contributed by atoms with Crippen molar-refractivity contribution in [3.05, 3.63) is 67.9 Å². The quantitative estimate of drug-likeness (QED) is 0.173. The zero-order chi connectivity index (χ0) is 37.5. The molecule has 16 heteroatoms. The van der Waals surface area contributed by atoms with E-state index in [1.54, 1.807) is 6.92 Å². The van der Waals surface area contributed by atoms with E-state index in [1.807, 2.05) is 0 Å². The highest BCUT2D eigenvalue weighted by molar-refractivity contribution is 6.31. The van der Waals surface area contributed by atoms with Crippen molar-refractivity contribution >= 4 is 35.3 Å². The van der Waals surface area contributed by atoms with Crippen LogP contribution in [0, 0.1) is 6.92 Å². The number of aromatic hydroxyl groups is 2. The number of ether oxygens (including phenoxy) is 4. The van der Waals surface area contributed by atoms with Gasteiger partial charge in [-0.25, -0.2) is 4.79 Å². The molecule has 51 heavy (non-hydrogen) atoms. The van der Waals surface area contributed by atoms with Crippen LogP contribution < -0.4 is 5.32 Å². The number of methoxy groups -OCH3 is 3. The molecule has 1 aliphatic heterocycles. The second-order valence-electron chi connectivity index (χ2n) is 12.8. The predicted octanol–water partition coefficient (Wildman–Crippen LogP) is 0.174. The van der Waals surface area contributed by atoms with E-state index in [2.05, 4.69) is 10.3 Å². The van der Waals surface area contributed by atoms with Crippen LogP contribution in [0.4, 0.5) is 0 Å². The molecule has 0 radical (unpaired) electrons. The second kappa shape index (κ2) is 12.4. The Morgan fingerprint density at radius 3 is 2.33 bits per heavy atom. The van der Waals surface area contributed by atoms with Crippen LogP contribution in [0.25, 0.3) is 0 Å². The lowest BCUT2D eigenvalue weighted by molar-refractivity contribution is -0.181. The fourth-order valence-corrected chi connectivity index (χ4v) is 8.02. The lowest BCUT2D eigenvalue weighted by atomic mass is 9.56. The molecule has 6 N–H and O–H groups in total. The third-order valence-corrected chi connectivity index (χ3v) is 10.3. The number of aliphatic hydroxyl groups excluding tert-OH is 2. The summed E-state index contributed by atoms with van der Waals surface area (Å²) < 4.78 is 21.5. The molecule has 7 atom stereocenters. The number of rotatable bonds is 6. The fourth-order valence-electron chi connectivity index (χ4n) is 8.02. The van der Waals surface area contributed by atoms with Gasteiger partial charge in [0, 0.05) is 63.1 Å². The van der Waals surface area contributed by atoms with Gasteiger partial charge in [-0.15, -0.1) is 0 Å². The summed E-state index contributed by atoms with van der Waals surface area (Å²) in [5, 5.41) is 60.7. The molecule has 6 rings (SSSR count). The summed E-state index contributed by atoms with van der Waals surface area (Å²) in [5.41, 5.74) is -10.1. The number of fused-ring (bicyclic) bond motifs is 5. The monoisotopic (exact) mass is 708 g/mol. The van der Waals surface area contributed by atoms with Gasteiger partial charge in [0.15, 0.2) is 17.0 Å². The second-order valence-corrected chi connectivity index (χ2v) is 12.8. The van der Waals surface area contributed by atoms with Crippen LogP contribution in [0.3, 0.4) is 0 Å². The Labute approximate surface area is 290 Å². The van der Waals surface area contributed by atoms with Crippen LogP contribution >= 0.6 is 0 Å². The highest BCUT2D eigenvalue weighted by Crippen LogP contribution is 2.57. The molecule has 1 saturated heterocycles. The predicted molar refractivity (Wildman–Crippen MR) is 173 cm³/mol. The van der Waals surface area contributed by atoms with Gasteiger partial charge in [-0.05, 0) is 36.6 Å². The number of carbonyl (C=O) groups is 5. The molecule has 1 unspecified atom stereocenters. The highest BCUT2D eigenvalue weighted by atomic mass is 16.6. The number of benzene rings is 2. The van der Waals surface area contributed by atoms with Gasteiger partial charge < -0.3 is 49.8 Å². The summed E-state index contributed by atoms with van der Waals surface area (Å²) >= 11 is 0. The average molecular weight is 709 g/mol. The van der Waals surface area contributed by atoms with Crippen molar-refractivity contribution in [2.24, 2.45) is 4.99 Å². The topological polar surface area (TPSA) is 248 Å². The minimum atomic E-state index is -3.28. The Hall–Kier alpha value is -4.84. The number of allylic oxidation sites excluding steroid dienone is 2. The van der Waals surface area contributed by atoms with Crippen molar-refractivity contribution in [3.63, 3.8) is 0 Å². The van der Waals surface area contributed by atoms with Crippen molar-refractivity contribution < 1.29 is 68.5 Å². The molecule has 0 spiro atoms. The van der Waals surface area contributed by atoms with Crippen molar-refractivity contribution in [1.29, 1.82) is 0 Å². The SMILES string of the molecule is CN=Cc1c(C)c(C(=O)OC)c(O)c2c1C[C@@H](O)[C@@]1(OC)C(=O)c3c(cc4c(c3O)C(=O)C=C(NC3C[C@H](O)[C@@H](OC)[C@H](C)O3)C4=O)C(=O)[C@@]21O. The number of hydrogen-bond donors (Lipinski definition) is 6. The minimum Gasteiger partial charge on any atom is -0.507 e. The summed E-state index contributed by atoms with van der Waals surface area (Å²) in [6.07, 6.45) is -3.63. The largest absolute Gasteiger partial charge is 0.507 e. The van der Waals surface area contributed by atoms with E-state index < -0.39 is 122 Å². The van der Waals surface area contributed by atoms with Crippen molar-refractivity contribution in [1.82, 2.24) is 5.32 Å². The summed E-state index contributed by atoms with van der Waals surface area (Å²) in [6.45, 7) is 3.09. The van der Waals surface area contributed by atoms with Gasteiger partial charge >= 0.3 is 5.97 Å². The van der Waals surface area contributed by atoms with Crippen LogP contribution in [-0.4, -0.2) is 125 Å². The number of phenolic OH excluding ortho intramolecular Hbond substituents is 2. The Morgan fingerprint density at radius 2 is 1.75 bits per heavy atom. The van der Waals surface area contributed by atoms with Gasteiger partial charge in [0.25, 0.3) is 0 Å². The van der Waals surface area contributed by atoms with Crippen molar-refractivity contribution in [3.8, 4) is 11.5 Å².